The van der Waals surface area contributed by atoms with E-state index in [4.69, 9.17) is 18.0 Å². The van der Waals surface area contributed by atoms with Crippen molar-refractivity contribution in [3.63, 3.8) is 0 Å². The first-order chi connectivity index (χ1) is 8.89. The van der Waals surface area contributed by atoms with E-state index < -0.39 is 0 Å². The summed E-state index contributed by atoms with van der Waals surface area (Å²) in [6.45, 7) is 6.05. The minimum Gasteiger partial charge on any atom is -0.389 e. The van der Waals surface area contributed by atoms with Crippen LogP contribution in [0.2, 0.25) is 0 Å². The van der Waals surface area contributed by atoms with Gasteiger partial charge in [0, 0.05) is 24.2 Å². The van der Waals surface area contributed by atoms with Gasteiger partial charge >= 0.3 is 0 Å². The monoisotopic (exact) mass is 276 g/mol. The summed E-state index contributed by atoms with van der Waals surface area (Å²) >= 11 is 4.95. The quantitative estimate of drug-likeness (QED) is 0.845. The Hall–Kier alpha value is -1.42. The summed E-state index contributed by atoms with van der Waals surface area (Å²) in [4.78, 5) is 14.8. The predicted molar refractivity (Wildman–Crippen MR) is 81.2 cm³/mol. The fraction of sp³-hybridized carbons (Fsp3) is 0.467. The van der Waals surface area contributed by atoms with Gasteiger partial charge in [0.1, 0.15) is 4.99 Å². The van der Waals surface area contributed by atoms with E-state index in [1.165, 1.54) is 6.42 Å². The van der Waals surface area contributed by atoms with Crippen LogP contribution in [0.3, 0.4) is 0 Å². The average molecular weight is 276 g/mol. The molecule has 1 fully saturated rings. The number of carbonyl (C=O) groups excluding carboxylic acids is 1. The van der Waals surface area contributed by atoms with Gasteiger partial charge in [-0.05, 0) is 30.4 Å². The van der Waals surface area contributed by atoms with Crippen molar-refractivity contribution >= 4 is 23.1 Å². The molecule has 1 saturated heterocycles. The van der Waals surface area contributed by atoms with E-state index in [9.17, 15) is 4.79 Å². The number of nitrogens with two attached hydrogens (primary N) is 1. The fourth-order valence-electron chi connectivity index (χ4n) is 2.58. The van der Waals surface area contributed by atoms with Crippen molar-refractivity contribution in [2.45, 2.75) is 26.7 Å². The molecule has 0 spiro atoms. The number of hydrogen-bond donors (Lipinski definition) is 1. The first kappa shape index (κ1) is 14.0. The molecule has 0 aromatic heterocycles. The van der Waals surface area contributed by atoms with Crippen molar-refractivity contribution < 1.29 is 4.79 Å². The highest BCUT2D eigenvalue weighted by molar-refractivity contribution is 7.80. The molecule has 0 aliphatic carbocycles. The average Bonchev–Trinajstić information content (AvgIpc) is 2.37. The van der Waals surface area contributed by atoms with Crippen LogP contribution in [-0.4, -0.2) is 28.9 Å². The highest BCUT2D eigenvalue weighted by Crippen LogP contribution is 2.29. The summed E-state index contributed by atoms with van der Waals surface area (Å²) < 4.78 is 0. The molecule has 3 nitrogen and oxygen atoms in total. The van der Waals surface area contributed by atoms with Gasteiger partial charge in [0.25, 0.3) is 5.91 Å². The van der Waals surface area contributed by atoms with Crippen molar-refractivity contribution in [1.29, 1.82) is 0 Å². The van der Waals surface area contributed by atoms with E-state index in [0.29, 0.717) is 10.6 Å². The summed E-state index contributed by atoms with van der Waals surface area (Å²) in [6, 6.07) is 7.27. The second kappa shape index (κ2) is 5.29. The molecular formula is C15H20N2OS. The lowest BCUT2D eigenvalue weighted by molar-refractivity contribution is 0.0583. The normalized spacial score (nSPS) is 18.1. The van der Waals surface area contributed by atoms with Crippen LogP contribution in [0.4, 0.5) is 0 Å². The van der Waals surface area contributed by atoms with Gasteiger partial charge in [-0.15, -0.1) is 0 Å². The van der Waals surface area contributed by atoms with Gasteiger partial charge in [-0.25, -0.2) is 0 Å². The summed E-state index contributed by atoms with van der Waals surface area (Å²) in [5, 5.41) is 0. The van der Waals surface area contributed by atoms with Crippen molar-refractivity contribution in [3.8, 4) is 0 Å². The van der Waals surface area contributed by atoms with Gasteiger partial charge in [0.15, 0.2) is 0 Å². The standard InChI is InChI=1S/C15H20N2OS/c1-15(2)7-4-8-17(10-15)14(18)12-6-3-5-11(9-12)13(16)19/h3,5-6,9H,4,7-8,10H2,1-2H3,(H2,16,19). The van der Waals surface area contributed by atoms with Crippen LogP contribution in [0.5, 0.6) is 0 Å². The Morgan fingerprint density at radius 1 is 1.37 bits per heavy atom. The molecule has 0 radical (unpaired) electrons. The molecule has 2 N–H and O–H groups in total. The van der Waals surface area contributed by atoms with Crippen molar-refractivity contribution in [2.75, 3.05) is 13.1 Å². The number of amides is 1. The third-order valence-corrected chi connectivity index (χ3v) is 3.82. The van der Waals surface area contributed by atoms with Crippen LogP contribution in [0.1, 0.15) is 42.6 Å². The van der Waals surface area contributed by atoms with E-state index in [-0.39, 0.29) is 11.3 Å². The predicted octanol–water partition coefficient (Wildman–Crippen LogP) is 2.58. The lowest BCUT2D eigenvalue weighted by Crippen LogP contribution is -2.43. The van der Waals surface area contributed by atoms with E-state index in [2.05, 4.69) is 13.8 Å². The molecule has 0 atom stereocenters. The molecule has 19 heavy (non-hydrogen) atoms. The topological polar surface area (TPSA) is 46.3 Å². The molecule has 1 heterocycles. The Morgan fingerprint density at radius 3 is 2.68 bits per heavy atom. The molecule has 1 aliphatic rings. The third-order valence-electron chi connectivity index (χ3n) is 3.58. The van der Waals surface area contributed by atoms with Crippen LogP contribution in [0, 0.1) is 5.41 Å². The number of benzene rings is 1. The Morgan fingerprint density at radius 2 is 2.05 bits per heavy atom. The summed E-state index contributed by atoms with van der Waals surface area (Å²) in [5.74, 6) is 0.0749. The van der Waals surface area contributed by atoms with Crippen molar-refractivity contribution in [2.24, 2.45) is 11.1 Å². The molecule has 1 aromatic carbocycles. The van der Waals surface area contributed by atoms with Crippen LogP contribution in [-0.2, 0) is 0 Å². The lowest BCUT2D eigenvalue weighted by Gasteiger charge is -2.38. The molecule has 1 aromatic rings. The Labute approximate surface area is 119 Å². The molecule has 1 amide bonds. The minimum absolute atomic E-state index is 0.0749. The first-order valence-corrected chi connectivity index (χ1v) is 6.99. The molecule has 4 heteroatoms. The smallest absolute Gasteiger partial charge is 0.253 e. The maximum Gasteiger partial charge on any atom is 0.253 e. The highest BCUT2D eigenvalue weighted by atomic mass is 32.1. The van der Waals surface area contributed by atoms with Gasteiger partial charge in [0.2, 0.25) is 0 Å². The Balaban J connectivity index is 2.19. The number of likely N-dealkylation sites (tertiary alicyclic amines) is 1. The first-order valence-electron chi connectivity index (χ1n) is 6.58. The Bertz CT molecular complexity index is 511. The van der Waals surface area contributed by atoms with Gasteiger partial charge in [-0.1, -0.05) is 38.2 Å². The van der Waals surface area contributed by atoms with E-state index in [1.807, 2.05) is 23.1 Å². The van der Waals surface area contributed by atoms with E-state index in [0.717, 1.165) is 25.1 Å². The summed E-state index contributed by atoms with van der Waals surface area (Å²) in [7, 11) is 0. The van der Waals surface area contributed by atoms with Gasteiger partial charge in [0.05, 0.1) is 0 Å². The molecule has 1 aliphatic heterocycles. The lowest BCUT2D eigenvalue weighted by atomic mass is 9.84. The SMILES string of the molecule is CC1(C)CCCN(C(=O)c2cccc(C(N)=S)c2)C1. The molecule has 0 unspecified atom stereocenters. The molecule has 0 bridgehead atoms. The summed E-state index contributed by atoms with van der Waals surface area (Å²) in [6.07, 6.45) is 2.23. The maximum atomic E-state index is 12.5. The second-order valence-corrected chi connectivity index (χ2v) is 6.38. The number of thiocarbonyl (C=S) groups is 1. The minimum atomic E-state index is 0.0749. The molecule has 2 rings (SSSR count). The zero-order valence-electron chi connectivity index (χ0n) is 11.5. The maximum absolute atomic E-state index is 12.5. The van der Waals surface area contributed by atoms with Crippen LogP contribution < -0.4 is 5.73 Å². The highest BCUT2D eigenvalue weighted by Gasteiger charge is 2.29. The number of rotatable bonds is 2. The largest absolute Gasteiger partial charge is 0.389 e. The second-order valence-electron chi connectivity index (χ2n) is 5.94. The molecule has 0 saturated carbocycles. The number of carbonyl (C=O) groups is 1. The number of piperidine rings is 1. The van der Waals surface area contributed by atoms with Gasteiger partial charge < -0.3 is 10.6 Å². The van der Waals surface area contributed by atoms with Crippen LogP contribution in [0.25, 0.3) is 0 Å². The fourth-order valence-corrected chi connectivity index (χ4v) is 2.71. The third kappa shape index (κ3) is 3.32. The van der Waals surface area contributed by atoms with Crippen molar-refractivity contribution in [1.82, 2.24) is 4.90 Å². The number of hydrogen-bond acceptors (Lipinski definition) is 2. The van der Waals surface area contributed by atoms with Gasteiger partial charge in [-0.3, -0.25) is 4.79 Å². The van der Waals surface area contributed by atoms with E-state index >= 15 is 0 Å². The zero-order valence-corrected chi connectivity index (χ0v) is 12.3. The zero-order chi connectivity index (χ0) is 14.0. The molecular weight excluding hydrogens is 256 g/mol. The number of nitrogens with zero attached hydrogens (tertiary/aromatic N) is 1. The molecule has 102 valence electrons. The van der Waals surface area contributed by atoms with Crippen molar-refractivity contribution in [3.05, 3.63) is 35.4 Å². The van der Waals surface area contributed by atoms with E-state index in [1.54, 1.807) is 6.07 Å². The van der Waals surface area contributed by atoms with Gasteiger partial charge in [-0.2, -0.15) is 0 Å². The van der Waals surface area contributed by atoms with Crippen LogP contribution >= 0.6 is 12.2 Å². The summed E-state index contributed by atoms with van der Waals surface area (Å²) in [5.41, 5.74) is 7.23. The van der Waals surface area contributed by atoms with Crippen LogP contribution in [0.15, 0.2) is 24.3 Å². The Kier molecular flexibility index (Phi) is 3.90.